The maximum Gasteiger partial charge on any atom is 0.253 e. The summed E-state index contributed by atoms with van der Waals surface area (Å²) in [5, 5.41) is 2.59. The number of hydrogen-bond acceptors (Lipinski definition) is 1. The number of hydrogen-bond donors (Lipinski definition) is 1. The van der Waals surface area contributed by atoms with Gasteiger partial charge in [0.15, 0.2) is 0 Å². The van der Waals surface area contributed by atoms with E-state index in [1.165, 1.54) is 0 Å². The van der Waals surface area contributed by atoms with Crippen LogP contribution in [0.15, 0.2) is 0 Å². The molecule has 4 heteroatoms. The van der Waals surface area contributed by atoms with Crippen LogP contribution in [0.5, 0.6) is 0 Å². The molecule has 1 aliphatic heterocycles. The second kappa shape index (κ2) is 3.20. The van der Waals surface area contributed by atoms with Crippen LogP contribution in [-0.4, -0.2) is 19.0 Å². The van der Waals surface area contributed by atoms with Gasteiger partial charge < -0.3 is 5.32 Å². The van der Waals surface area contributed by atoms with Gasteiger partial charge in [-0.05, 0) is 13.0 Å². The Balaban J connectivity index is 0.000000490. The maximum absolute atomic E-state index is 11.4. The molecule has 0 aromatic carbocycles. The van der Waals surface area contributed by atoms with Gasteiger partial charge in [0.1, 0.15) is 0 Å². The number of rotatable bonds is 1. The molecular formula is C4H8ClF2N. The van der Waals surface area contributed by atoms with Crippen molar-refractivity contribution in [2.24, 2.45) is 0 Å². The summed E-state index contributed by atoms with van der Waals surface area (Å²) in [5.41, 5.74) is 0. The standard InChI is InChI=1S/C4H7F2N.ClH/c5-4(6)3-1-2-7-3;/h3-4,7H,1-2H2;1H/t3-;/m1./s1. The van der Waals surface area contributed by atoms with Crippen LogP contribution in [0.3, 0.4) is 0 Å². The molecule has 1 heterocycles. The summed E-state index contributed by atoms with van der Waals surface area (Å²) in [6.07, 6.45) is -1.52. The fraction of sp³-hybridized carbons (Fsp3) is 1.00. The lowest BCUT2D eigenvalue weighted by atomic mass is 10.1. The van der Waals surface area contributed by atoms with Gasteiger partial charge in [0.05, 0.1) is 6.04 Å². The molecule has 1 aliphatic rings. The summed E-state index contributed by atoms with van der Waals surface area (Å²) in [6.45, 7) is 0.759. The van der Waals surface area contributed by atoms with Gasteiger partial charge in [-0.2, -0.15) is 0 Å². The summed E-state index contributed by atoms with van der Waals surface area (Å²) in [5.74, 6) is 0. The Morgan fingerprint density at radius 3 is 2.00 bits per heavy atom. The first kappa shape index (κ1) is 8.11. The fourth-order valence-corrected chi connectivity index (χ4v) is 0.526. The first-order chi connectivity index (χ1) is 3.30. The van der Waals surface area contributed by atoms with Crippen molar-refractivity contribution in [3.05, 3.63) is 0 Å². The van der Waals surface area contributed by atoms with Crippen molar-refractivity contribution in [3.8, 4) is 0 Å². The molecule has 0 unspecified atom stereocenters. The lowest BCUT2D eigenvalue weighted by Gasteiger charge is -2.26. The highest BCUT2D eigenvalue weighted by molar-refractivity contribution is 5.85. The van der Waals surface area contributed by atoms with E-state index in [9.17, 15) is 8.78 Å². The Kier molecular flexibility index (Phi) is 3.24. The van der Waals surface area contributed by atoms with E-state index in [2.05, 4.69) is 5.32 Å². The van der Waals surface area contributed by atoms with Crippen molar-refractivity contribution in [3.63, 3.8) is 0 Å². The number of nitrogens with one attached hydrogen (secondary N) is 1. The van der Waals surface area contributed by atoms with E-state index in [0.717, 1.165) is 6.54 Å². The molecule has 0 saturated carbocycles. The molecule has 50 valence electrons. The van der Waals surface area contributed by atoms with Crippen LogP contribution >= 0.6 is 12.4 Å². The molecule has 0 amide bonds. The normalized spacial score (nSPS) is 26.6. The van der Waals surface area contributed by atoms with Crippen molar-refractivity contribution in [1.29, 1.82) is 0 Å². The van der Waals surface area contributed by atoms with Crippen molar-refractivity contribution in [2.45, 2.75) is 18.9 Å². The van der Waals surface area contributed by atoms with Crippen molar-refractivity contribution in [2.75, 3.05) is 6.54 Å². The molecule has 0 aliphatic carbocycles. The monoisotopic (exact) mass is 143 g/mol. The van der Waals surface area contributed by atoms with Crippen LogP contribution in [0.25, 0.3) is 0 Å². The maximum atomic E-state index is 11.4. The average Bonchev–Trinajstić information content (AvgIpc) is 1.23. The number of alkyl halides is 2. The lowest BCUT2D eigenvalue weighted by molar-refractivity contribution is 0.0677. The van der Waals surface area contributed by atoms with Gasteiger partial charge in [-0.3, -0.25) is 0 Å². The van der Waals surface area contributed by atoms with Gasteiger partial charge in [0.25, 0.3) is 6.43 Å². The minimum atomic E-state index is -2.16. The summed E-state index contributed by atoms with van der Waals surface area (Å²) in [7, 11) is 0. The van der Waals surface area contributed by atoms with Gasteiger partial charge in [-0.1, -0.05) is 0 Å². The predicted molar refractivity (Wildman–Crippen MR) is 29.7 cm³/mol. The highest BCUT2D eigenvalue weighted by Gasteiger charge is 2.25. The molecule has 1 saturated heterocycles. The van der Waals surface area contributed by atoms with Crippen LogP contribution in [0.1, 0.15) is 6.42 Å². The van der Waals surface area contributed by atoms with Gasteiger partial charge in [0, 0.05) is 0 Å². The summed E-state index contributed by atoms with van der Waals surface area (Å²) >= 11 is 0. The fourth-order valence-electron chi connectivity index (χ4n) is 0.526. The lowest BCUT2D eigenvalue weighted by Crippen LogP contribution is -2.47. The third-order valence-electron chi connectivity index (χ3n) is 1.17. The van der Waals surface area contributed by atoms with Crippen LogP contribution in [0.4, 0.5) is 8.78 Å². The minimum absolute atomic E-state index is 0. The molecule has 1 atom stereocenters. The van der Waals surface area contributed by atoms with Crippen molar-refractivity contribution < 1.29 is 8.78 Å². The molecule has 0 aromatic heterocycles. The molecule has 1 rings (SSSR count). The average molecular weight is 144 g/mol. The summed E-state index contributed by atoms with van der Waals surface area (Å²) < 4.78 is 22.8. The van der Waals surface area contributed by atoms with Gasteiger partial charge in [0.2, 0.25) is 0 Å². The molecule has 8 heavy (non-hydrogen) atoms. The zero-order valence-corrected chi connectivity index (χ0v) is 5.05. The topological polar surface area (TPSA) is 12.0 Å². The molecule has 1 fully saturated rings. The minimum Gasteiger partial charge on any atom is -0.309 e. The smallest absolute Gasteiger partial charge is 0.253 e. The Labute approximate surface area is 52.9 Å². The Bertz CT molecular complexity index is 65.1. The molecule has 0 bridgehead atoms. The third-order valence-corrected chi connectivity index (χ3v) is 1.17. The first-order valence-corrected chi connectivity index (χ1v) is 2.32. The summed E-state index contributed by atoms with van der Waals surface area (Å²) in [4.78, 5) is 0. The zero-order valence-electron chi connectivity index (χ0n) is 4.23. The number of halogens is 3. The molecular weight excluding hydrogens is 136 g/mol. The van der Waals surface area contributed by atoms with Crippen LogP contribution in [0, 0.1) is 0 Å². The van der Waals surface area contributed by atoms with Gasteiger partial charge in [-0.15, -0.1) is 12.4 Å². The Morgan fingerprint density at radius 1 is 1.50 bits per heavy atom. The van der Waals surface area contributed by atoms with E-state index in [1.54, 1.807) is 0 Å². The van der Waals surface area contributed by atoms with Crippen LogP contribution < -0.4 is 5.32 Å². The summed E-state index contributed by atoms with van der Waals surface area (Å²) in [6, 6.07) is -0.500. The van der Waals surface area contributed by atoms with Gasteiger partial charge in [-0.25, -0.2) is 8.78 Å². The van der Waals surface area contributed by atoms with E-state index in [1.807, 2.05) is 0 Å². The molecule has 0 aromatic rings. The molecule has 1 N–H and O–H groups in total. The van der Waals surface area contributed by atoms with Gasteiger partial charge >= 0.3 is 0 Å². The highest BCUT2D eigenvalue weighted by atomic mass is 35.5. The van der Waals surface area contributed by atoms with E-state index in [-0.39, 0.29) is 12.4 Å². The Morgan fingerprint density at radius 2 is 2.00 bits per heavy atom. The molecule has 1 nitrogen and oxygen atoms in total. The zero-order chi connectivity index (χ0) is 5.28. The first-order valence-electron chi connectivity index (χ1n) is 2.32. The molecule has 0 spiro atoms. The van der Waals surface area contributed by atoms with E-state index in [4.69, 9.17) is 0 Å². The second-order valence-electron chi connectivity index (χ2n) is 1.68. The highest BCUT2D eigenvalue weighted by Crippen LogP contribution is 2.10. The van der Waals surface area contributed by atoms with E-state index < -0.39 is 12.5 Å². The predicted octanol–water partition coefficient (Wildman–Crippen LogP) is 1.04. The van der Waals surface area contributed by atoms with E-state index in [0.29, 0.717) is 6.42 Å². The van der Waals surface area contributed by atoms with Crippen molar-refractivity contribution >= 4 is 12.4 Å². The van der Waals surface area contributed by atoms with Crippen LogP contribution in [0.2, 0.25) is 0 Å². The SMILES string of the molecule is Cl.FC(F)[C@H]1CCN1. The van der Waals surface area contributed by atoms with E-state index >= 15 is 0 Å². The molecule has 0 radical (unpaired) electrons. The van der Waals surface area contributed by atoms with Crippen LogP contribution in [-0.2, 0) is 0 Å². The largest absolute Gasteiger partial charge is 0.309 e. The third kappa shape index (κ3) is 1.56. The quantitative estimate of drug-likeness (QED) is 0.578. The Hall–Kier alpha value is 0.110. The second-order valence-corrected chi connectivity index (χ2v) is 1.68. The van der Waals surface area contributed by atoms with Crippen molar-refractivity contribution in [1.82, 2.24) is 5.32 Å².